The predicted molar refractivity (Wildman–Crippen MR) is 249 cm³/mol. The fourth-order valence-corrected chi connectivity index (χ4v) is 11.7. The van der Waals surface area contributed by atoms with Crippen LogP contribution in [0.15, 0.2) is 58.7 Å². The van der Waals surface area contributed by atoms with Gasteiger partial charge >= 0.3 is 5.97 Å². The molecule has 5 atom stereocenters. The van der Waals surface area contributed by atoms with Crippen LogP contribution < -0.4 is 10.1 Å². The van der Waals surface area contributed by atoms with Crippen LogP contribution in [-0.2, 0) is 25.2 Å². The van der Waals surface area contributed by atoms with E-state index in [4.69, 9.17) is 26.1 Å². The van der Waals surface area contributed by atoms with Gasteiger partial charge in [-0.25, -0.2) is 4.79 Å². The highest BCUT2D eigenvalue weighted by Crippen LogP contribution is 2.58. The number of nitrogens with one attached hydrogen (secondary N) is 1. The smallest absolute Gasteiger partial charge is 0.356 e. The van der Waals surface area contributed by atoms with Crippen LogP contribution in [-0.4, -0.2) is 63.0 Å². The van der Waals surface area contributed by atoms with Gasteiger partial charge in [-0.05, 0) is 126 Å². The van der Waals surface area contributed by atoms with Crippen LogP contribution in [0.2, 0.25) is 43.8 Å². The van der Waals surface area contributed by atoms with Gasteiger partial charge in [-0.1, -0.05) is 108 Å². The number of ether oxygens (including phenoxy) is 2. The maximum absolute atomic E-state index is 14.1. The number of aryl methyl sites for hydroxylation is 2. The molecule has 1 fully saturated rings. The Hall–Kier alpha value is -2.45. The summed E-state index contributed by atoms with van der Waals surface area (Å²) < 4.78 is 19.2. The van der Waals surface area contributed by atoms with Crippen LogP contribution in [0.4, 0.5) is 0 Å². The Bertz CT molecular complexity index is 1790. The Morgan fingerprint density at radius 3 is 2.47 bits per heavy atom. The molecule has 1 amide bonds. The largest absolute Gasteiger partial charge is 0.461 e. The molecule has 2 aliphatic heterocycles. The van der Waals surface area contributed by atoms with Gasteiger partial charge < -0.3 is 19.2 Å². The van der Waals surface area contributed by atoms with E-state index in [1.54, 1.807) is 4.90 Å². The van der Waals surface area contributed by atoms with E-state index in [-0.39, 0.29) is 33.5 Å². The van der Waals surface area contributed by atoms with Crippen LogP contribution in [0.1, 0.15) is 110 Å². The number of thiocarbonyl (C=S) groups is 1. The molecular weight excluding hydrogens is 781 g/mol. The molecule has 7 nitrogen and oxygen atoms in total. The Morgan fingerprint density at radius 1 is 1.18 bits per heavy atom. The number of hydrogen-bond acceptors (Lipinski definition) is 7. The summed E-state index contributed by atoms with van der Waals surface area (Å²) in [6.07, 6.45) is 12.6. The van der Waals surface area contributed by atoms with Crippen LogP contribution in [0.5, 0.6) is 5.75 Å². The highest BCUT2D eigenvalue weighted by molar-refractivity contribution is 8.04. The minimum absolute atomic E-state index is 0.00145. The third-order valence-corrected chi connectivity index (χ3v) is 20.6. The van der Waals surface area contributed by atoms with E-state index in [1.807, 2.05) is 26.0 Å². The number of hydrogen-bond donors (Lipinski definition) is 1. The summed E-state index contributed by atoms with van der Waals surface area (Å²) in [5.74, 6) is 0.755. The third kappa shape index (κ3) is 11.0. The number of esters is 1. The number of β-lactam (4-membered cyclic amide) rings is 1. The molecule has 1 N–H and O–H groups in total. The van der Waals surface area contributed by atoms with Gasteiger partial charge in [0.1, 0.15) is 22.2 Å². The number of thioether (sulfide) groups is 1. The normalized spacial score (nSPS) is 23.3. The first kappa shape index (κ1) is 47.2. The molecular formula is C46H72N2O5S2Si2. The van der Waals surface area contributed by atoms with Crippen molar-refractivity contribution in [2.75, 3.05) is 13.2 Å². The van der Waals surface area contributed by atoms with E-state index in [2.05, 4.69) is 111 Å². The number of fused-ring (bicyclic) bond motifs is 1. The first-order valence-corrected chi connectivity index (χ1v) is 29.0. The van der Waals surface area contributed by atoms with Crippen molar-refractivity contribution in [3.63, 3.8) is 0 Å². The number of rotatable bonds is 17. The van der Waals surface area contributed by atoms with Gasteiger partial charge in [0.05, 0.1) is 12.7 Å². The van der Waals surface area contributed by atoms with Crippen molar-refractivity contribution in [3.05, 3.63) is 75.4 Å². The summed E-state index contributed by atoms with van der Waals surface area (Å²) in [6, 6.07) is 5.36. The maximum Gasteiger partial charge on any atom is 0.356 e. The SMILES string of the molecule is C=C(C)[C@@H]1CCC(C)=C[C@H]1c1c(C)cc(CCCCC)cc1OC(=S)NC/C=C/C1=C(C(=O)OCC[Si](C)(C)C)N2C(=O)[C@](C)([C@@H](C)O[Si](C)(C)C(C)(C)C)[C@H]2S1. The predicted octanol–water partition coefficient (Wildman–Crippen LogP) is 12.0. The number of carbonyl (C=O) groups excluding carboxylic acids is 2. The molecule has 11 heteroatoms. The second-order valence-electron chi connectivity index (χ2n) is 19.6. The lowest BCUT2D eigenvalue weighted by Crippen LogP contribution is -2.69. The molecule has 0 bridgehead atoms. The molecule has 0 spiro atoms. The molecule has 0 saturated carbocycles. The van der Waals surface area contributed by atoms with Crippen molar-refractivity contribution in [2.45, 2.75) is 162 Å². The molecule has 0 unspecified atom stereocenters. The molecule has 2 heterocycles. The lowest BCUT2D eigenvalue weighted by atomic mass is 9.73. The molecule has 0 aromatic heterocycles. The van der Waals surface area contributed by atoms with Gasteiger partial charge in [-0.15, -0.1) is 0 Å². The topological polar surface area (TPSA) is 77.1 Å². The molecule has 0 radical (unpaired) electrons. The highest BCUT2D eigenvalue weighted by Gasteiger charge is 2.67. The van der Waals surface area contributed by atoms with E-state index in [0.29, 0.717) is 29.7 Å². The zero-order chi connectivity index (χ0) is 42.7. The molecule has 4 rings (SSSR count). The maximum atomic E-state index is 14.1. The zero-order valence-corrected chi connectivity index (χ0v) is 41.2. The highest BCUT2D eigenvalue weighted by atomic mass is 32.2. The average Bonchev–Trinajstić information content (AvgIpc) is 3.45. The number of nitrogens with zero attached hydrogens (tertiary/aromatic N) is 1. The number of allylic oxidation sites excluding steroid dienone is 4. The Labute approximate surface area is 357 Å². The van der Waals surface area contributed by atoms with Crippen molar-refractivity contribution in [1.29, 1.82) is 0 Å². The monoisotopic (exact) mass is 852 g/mol. The summed E-state index contributed by atoms with van der Waals surface area (Å²) in [7, 11) is -3.60. The minimum Gasteiger partial charge on any atom is -0.461 e. The first-order valence-electron chi connectivity index (χ1n) is 21.1. The lowest BCUT2D eigenvalue weighted by Gasteiger charge is -2.55. The second kappa shape index (κ2) is 18.9. The van der Waals surface area contributed by atoms with Crippen LogP contribution in [0.25, 0.3) is 0 Å². The molecule has 57 heavy (non-hydrogen) atoms. The number of unbranched alkanes of at least 4 members (excludes halogenated alkanes) is 2. The Kier molecular flexibility index (Phi) is 15.6. The fourth-order valence-electron chi connectivity index (χ4n) is 7.74. The van der Waals surface area contributed by atoms with E-state index in [0.717, 1.165) is 37.5 Å². The third-order valence-electron chi connectivity index (χ3n) is 12.6. The summed E-state index contributed by atoms with van der Waals surface area (Å²) in [5.41, 5.74) is 5.76. The van der Waals surface area contributed by atoms with Gasteiger partial charge in [-0.3, -0.25) is 9.69 Å². The standard InChI is InChI=1S/C46H72N2O5S2Si2/c1-16-17-18-20-34-28-32(5)39(36-27-31(4)22-23-35(36)30(2)3)37(29-34)52-44(54)47-24-19-21-38-40(41(49)51-25-26-56(11,12)13)48-42(50)46(10,43(48)55-38)33(6)53-57(14,15)45(7,8)9/h19,21,27-29,33,35-36,43H,2,16-18,20,22-26H2,1,3-15H3,(H,47,54)/b21-19+/t33-,35+,36-,43-,46+/m1/s1. The van der Waals surface area contributed by atoms with Gasteiger partial charge in [0.15, 0.2) is 8.32 Å². The summed E-state index contributed by atoms with van der Waals surface area (Å²) >= 11 is 7.36. The molecule has 1 saturated heterocycles. The van der Waals surface area contributed by atoms with Gasteiger partial charge in [-0.2, -0.15) is 0 Å². The molecule has 1 aliphatic carbocycles. The summed E-state index contributed by atoms with van der Waals surface area (Å²) in [4.78, 5) is 30.2. The average molecular weight is 853 g/mol. The lowest BCUT2D eigenvalue weighted by molar-refractivity contribution is -0.170. The summed E-state index contributed by atoms with van der Waals surface area (Å²) in [5, 5.41) is 3.30. The van der Waals surface area contributed by atoms with Gasteiger partial charge in [0.25, 0.3) is 5.17 Å². The van der Waals surface area contributed by atoms with Gasteiger partial charge in [0, 0.05) is 31.0 Å². The Morgan fingerprint density at radius 2 is 1.86 bits per heavy atom. The van der Waals surface area contributed by atoms with E-state index >= 15 is 0 Å². The molecule has 1 aromatic rings. The number of benzene rings is 1. The van der Waals surface area contributed by atoms with Crippen molar-refractivity contribution in [3.8, 4) is 5.75 Å². The fraction of sp³-hybridized carbons (Fsp3) is 0.630. The van der Waals surface area contributed by atoms with Crippen molar-refractivity contribution >= 4 is 57.4 Å². The molecule has 3 aliphatic rings. The minimum atomic E-state index is -2.16. The van der Waals surface area contributed by atoms with Crippen molar-refractivity contribution in [1.82, 2.24) is 10.2 Å². The first-order chi connectivity index (χ1) is 26.4. The van der Waals surface area contributed by atoms with E-state index in [9.17, 15) is 9.59 Å². The summed E-state index contributed by atoms with van der Waals surface area (Å²) in [6.45, 7) is 35.7. The van der Waals surface area contributed by atoms with E-state index < -0.39 is 27.8 Å². The number of carbonyl (C=O) groups is 2. The molecule has 1 aromatic carbocycles. The zero-order valence-electron chi connectivity index (χ0n) is 37.6. The number of amides is 1. The van der Waals surface area contributed by atoms with Crippen molar-refractivity contribution in [2.24, 2.45) is 11.3 Å². The van der Waals surface area contributed by atoms with E-state index in [1.165, 1.54) is 52.4 Å². The molecule has 316 valence electrons. The quantitative estimate of drug-likeness (QED) is 0.0415. The van der Waals surface area contributed by atoms with Crippen LogP contribution in [0, 0.1) is 18.3 Å². The van der Waals surface area contributed by atoms with Crippen molar-refractivity contribution < 1.29 is 23.5 Å². The Balaban J connectivity index is 1.56. The van der Waals surface area contributed by atoms with Crippen LogP contribution in [0.3, 0.4) is 0 Å². The second-order valence-corrected chi connectivity index (χ2v) is 31.5. The van der Waals surface area contributed by atoms with Gasteiger partial charge in [0.2, 0.25) is 5.91 Å². The van der Waals surface area contributed by atoms with Crippen LogP contribution >= 0.6 is 24.0 Å².